The van der Waals surface area contributed by atoms with E-state index in [0.717, 1.165) is 11.4 Å². The average Bonchev–Trinajstić information content (AvgIpc) is 2.79. The second-order valence-electron chi connectivity index (χ2n) is 7.19. The first kappa shape index (κ1) is 22.7. The predicted molar refractivity (Wildman–Crippen MR) is 116 cm³/mol. The third-order valence-corrected chi connectivity index (χ3v) is 4.72. The Balaban J connectivity index is 1.53. The molecular weight excluding hydrogens is 414 g/mol. The first-order valence-electron chi connectivity index (χ1n) is 10.2. The van der Waals surface area contributed by atoms with Gasteiger partial charge in [-0.3, -0.25) is 24.6 Å². The molecule has 3 amide bonds. The standard InChI is InChI=1S/C23H23N3O6/c1-2-3-20(28)24-17-8-4-15(5-9-17)19(27)14-32-23(31)16-6-10-18(11-7-16)26-22(30)13-12-21(29)25-26/h4-11H,2-3,12-14H2,1H3,(H,24,28)(H,25,29). The van der Waals surface area contributed by atoms with Gasteiger partial charge in [0.15, 0.2) is 12.4 Å². The van der Waals surface area contributed by atoms with E-state index in [2.05, 4.69) is 10.7 Å². The molecule has 3 rings (SSSR count). The van der Waals surface area contributed by atoms with Crippen LogP contribution in [0.25, 0.3) is 0 Å². The molecule has 1 fully saturated rings. The number of hydrogen-bond donors (Lipinski definition) is 2. The van der Waals surface area contributed by atoms with Crippen LogP contribution < -0.4 is 15.8 Å². The van der Waals surface area contributed by atoms with Gasteiger partial charge in [-0.25, -0.2) is 9.80 Å². The summed E-state index contributed by atoms with van der Waals surface area (Å²) in [6.45, 7) is 1.47. The van der Waals surface area contributed by atoms with Crippen molar-refractivity contribution >= 4 is 40.8 Å². The lowest BCUT2D eigenvalue weighted by Gasteiger charge is -2.27. The highest BCUT2D eigenvalue weighted by atomic mass is 16.5. The van der Waals surface area contributed by atoms with Crippen molar-refractivity contribution in [1.82, 2.24) is 5.43 Å². The number of hydrogen-bond acceptors (Lipinski definition) is 6. The van der Waals surface area contributed by atoms with E-state index in [9.17, 15) is 24.0 Å². The van der Waals surface area contributed by atoms with Crippen LogP contribution in [0.1, 0.15) is 53.3 Å². The minimum Gasteiger partial charge on any atom is -0.454 e. The number of amides is 3. The van der Waals surface area contributed by atoms with Gasteiger partial charge in [-0.1, -0.05) is 6.92 Å². The van der Waals surface area contributed by atoms with Gasteiger partial charge < -0.3 is 10.1 Å². The van der Waals surface area contributed by atoms with Crippen LogP contribution in [-0.2, 0) is 19.1 Å². The lowest BCUT2D eigenvalue weighted by atomic mass is 10.1. The van der Waals surface area contributed by atoms with E-state index >= 15 is 0 Å². The Hall–Kier alpha value is -4.01. The zero-order chi connectivity index (χ0) is 23.1. The van der Waals surface area contributed by atoms with E-state index in [0.29, 0.717) is 23.4 Å². The van der Waals surface area contributed by atoms with Crippen molar-refractivity contribution in [2.24, 2.45) is 0 Å². The highest BCUT2D eigenvalue weighted by Gasteiger charge is 2.24. The first-order valence-corrected chi connectivity index (χ1v) is 10.2. The number of rotatable bonds is 8. The minimum atomic E-state index is -0.692. The number of nitrogens with zero attached hydrogens (tertiary/aromatic N) is 1. The number of benzene rings is 2. The third kappa shape index (κ3) is 5.78. The molecule has 9 heteroatoms. The Morgan fingerprint density at radius 2 is 1.62 bits per heavy atom. The number of ketones is 1. The predicted octanol–water partition coefficient (Wildman–Crippen LogP) is 2.62. The number of hydrazine groups is 1. The number of anilines is 2. The van der Waals surface area contributed by atoms with E-state index in [1.54, 1.807) is 24.3 Å². The second kappa shape index (κ2) is 10.3. The van der Waals surface area contributed by atoms with E-state index < -0.39 is 12.6 Å². The maximum Gasteiger partial charge on any atom is 0.338 e. The summed E-state index contributed by atoms with van der Waals surface area (Å²) >= 11 is 0. The summed E-state index contributed by atoms with van der Waals surface area (Å²) in [5.74, 6) is -1.69. The van der Waals surface area contributed by atoms with Crippen LogP contribution in [0.5, 0.6) is 0 Å². The Labute approximate surface area is 184 Å². The molecule has 0 saturated carbocycles. The van der Waals surface area contributed by atoms with E-state index in [1.807, 2.05) is 6.92 Å². The molecule has 0 spiro atoms. The zero-order valence-corrected chi connectivity index (χ0v) is 17.6. The van der Waals surface area contributed by atoms with Gasteiger partial charge in [0.2, 0.25) is 17.7 Å². The van der Waals surface area contributed by atoms with E-state index in [-0.39, 0.29) is 41.9 Å². The fourth-order valence-electron chi connectivity index (χ4n) is 3.02. The van der Waals surface area contributed by atoms with Crippen molar-refractivity contribution in [1.29, 1.82) is 0 Å². The molecule has 0 unspecified atom stereocenters. The van der Waals surface area contributed by atoms with Gasteiger partial charge in [0.1, 0.15) is 0 Å². The summed E-state index contributed by atoms with van der Waals surface area (Å²) in [5, 5.41) is 3.87. The quantitative estimate of drug-likeness (QED) is 0.484. The van der Waals surface area contributed by atoms with E-state index in [4.69, 9.17) is 4.74 Å². The number of carbonyl (C=O) groups is 5. The Kier molecular flexibility index (Phi) is 7.33. The van der Waals surface area contributed by atoms with Crippen LogP contribution in [0, 0.1) is 0 Å². The van der Waals surface area contributed by atoms with Crippen LogP contribution in [0.15, 0.2) is 48.5 Å². The third-order valence-electron chi connectivity index (χ3n) is 4.72. The molecule has 166 valence electrons. The van der Waals surface area contributed by atoms with Gasteiger partial charge in [-0.05, 0) is 55.0 Å². The van der Waals surface area contributed by atoms with Crippen LogP contribution in [0.2, 0.25) is 0 Å². The van der Waals surface area contributed by atoms with Gasteiger partial charge in [-0.15, -0.1) is 0 Å². The summed E-state index contributed by atoms with van der Waals surface area (Å²) in [7, 11) is 0. The summed E-state index contributed by atoms with van der Waals surface area (Å²) in [5.41, 5.74) is 4.02. The topological polar surface area (TPSA) is 122 Å². The average molecular weight is 437 g/mol. The summed E-state index contributed by atoms with van der Waals surface area (Å²) in [6.07, 6.45) is 1.41. The fourth-order valence-corrected chi connectivity index (χ4v) is 3.02. The van der Waals surface area contributed by atoms with Crippen molar-refractivity contribution < 1.29 is 28.7 Å². The first-order chi connectivity index (χ1) is 15.4. The normalized spacial score (nSPS) is 13.3. The molecule has 1 aliphatic rings. The number of esters is 1. The van der Waals surface area contributed by atoms with Gasteiger partial charge >= 0.3 is 5.97 Å². The number of carbonyl (C=O) groups excluding carboxylic acids is 5. The molecule has 9 nitrogen and oxygen atoms in total. The monoisotopic (exact) mass is 437 g/mol. The van der Waals surface area contributed by atoms with Gasteiger partial charge in [0.05, 0.1) is 11.3 Å². The summed E-state index contributed by atoms with van der Waals surface area (Å²) in [4.78, 5) is 59.6. The van der Waals surface area contributed by atoms with Crippen LogP contribution in [0.3, 0.4) is 0 Å². The lowest BCUT2D eigenvalue weighted by molar-refractivity contribution is -0.130. The fraction of sp³-hybridized carbons (Fsp3) is 0.261. The molecule has 2 aromatic rings. The van der Waals surface area contributed by atoms with Crippen LogP contribution in [-0.4, -0.2) is 36.1 Å². The molecule has 2 N–H and O–H groups in total. The molecular formula is C23H23N3O6. The van der Waals surface area contributed by atoms with E-state index in [1.165, 1.54) is 24.3 Å². The highest BCUT2D eigenvalue weighted by Crippen LogP contribution is 2.18. The smallest absolute Gasteiger partial charge is 0.338 e. The Morgan fingerprint density at radius 1 is 0.969 bits per heavy atom. The second-order valence-corrected chi connectivity index (χ2v) is 7.19. The molecule has 1 aliphatic heterocycles. The molecule has 0 aliphatic carbocycles. The van der Waals surface area contributed by atoms with Crippen LogP contribution >= 0.6 is 0 Å². The lowest BCUT2D eigenvalue weighted by Crippen LogP contribution is -2.50. The maximum absolute atomic E-state index is 12.3. The van der Waals surface area contributed by atoms with Crippen molar-refractivity contribution in [3.8, 4) is 0 Å². The highest BCUT2D eigenvalue weighted by molar-refractivity contribution is 6.02. The van der Waals surface area contributed by atoms with Crippen molar-refractivity contribution in [2.75, 3.05) is 16.9 Å². The largest absolute Gasteiger partial charge is 0.454 e. The SMILES string of the molecule is CCCC(=O)Nc1ccc(C(=O)COC(=O)c2ccc(N3NC(=O)CCC3=O)cc2)cc1. The molecule has 1 saturated heterocycles. The molecule has 1 heterocycles. The van der Waals surface area contributed by atoms with Crippen molar-refractivity contribution in [3.05, 3.63) is 59.7 Å². The van der Waals surface area contributed by atoms with Gasteiger partial charge in [-0.2, -0.15) is 0 Å². The Morgan fingerprint density at radius 3 is 2.28 bits per heavy atom. The molecule has 0 bridgehead atoms. The molecule has 0 atom stereocenters. The van der Waals surface area contributed by atoms with Crippen molar-refractivity contribution in [3.63, 3.8) is 0 Å². The van der Waals surface area contributed by atoms with Gasteiger partial charge in [0, 0.05) is 30.5 Å². The number of nitrogens with one attached hydrogen (secondary N) is 2. The number of ether oxygens (including phenoxy) is 1. The molecule has 2 aromatic carbocycles. The van der Waals surface area contributed by atoms with Crippen molar-refractivity contribution in [2.45, 2.75) is 32.6 Å². The molecule has 0 aromatic heterocycles. The molecule has 0 radical (unpaired) electrons. The zero-order valence-electron chi connectivity index (χ0n) is 17.6. The minimum absolute atomic E-state index is 0.0986. The summed E-state index contributed by atoms with van der Waals surface area (Å²) in [6, 6.07) is 12.2. The van der Waals surface area contributed by atoms with Gasteiger partial charge in [0.25, 0.3) is 0 Å². The summed E-state index contributed by atoms with van der Waals surface area (Å²) < 4.78 is 5.09. The maximum atomic E-state index is 12.3. The molecule has 32 heavy (non-hydrogen) atoms. The Bertz CT molecular complexity index is 1030. The number of Topliss-reactive ketones (excluding diaryl/α,β-unsaturated/α-hetero) is 1. The van der Waals surface area contributed by atoms with Crippen LogP contribution in [0.4, 0.5) is 11.4 Å².